The maximum absolute atomic E-state index is 9.97. The zero-order valence-electron chi connectivity index (χ0n) is 10.6. The van der Waals surface area contributed by atoms with Crippen molar-refractivity contribution in [3.8, 4) is 5.75 Å². The van der Waals surface area contributed by atoms with Gasteiger partial charge in [-0.15, -0.1) is 0 Å². The van der Waals surface area contributed by atoms with Crippen LogP contribution in [0.5, 0.6) is 5.75 Å². The van der Waals surface area contributed by atoms with Gasteiger partial charge in [0, 0.05) is 5.69 Å². The van der Waals surface area contributed by atoms with E-state index in [1.807, 2.05) is 62.4 Å². The summed E-state index contributed by atoms with van der Waals surface area (Å²) in [7, 11) is 0. The first-order chi connectivity index (χ1) is 8.65. The molecule has 2 nitrogen and oxygen atoms in total. The number of anilines is 2. The molecule has 0 aliphatic carbocycles. The molecule has 0 atom stereocenters. The third-order valence-corrected chi connectivity index (χ3v) is 2.53. The van der Waals surface area contributed by atoms with Crippen LogP contribution < -0.4 is 5.32 Å². The Hall–Kier alpha value is -2.22. The van der Waals surface area contributed by atoms with Gasteiger partial charge < -0.3 is 10.4 Å². The lowest BCUT2D eigenvalue weighted by molar-refractivity contribution is 0.477. The molecule has 0 heterocycles. The summed E-state index contributed by atoms with van der Waals surface area (Å²) in [6.45, 7) is 4.07. The number of phenols is 1. The number of rotatable bonds is 3. The van der Waals surface area contributed by atoms with E-state index in [1.54, 1.807) is 6.07 Å². The van der Waals surface area contributed by atoms with Crippen LogP contribution in [0, 0.1) is 0 Å². The molecule has 0 bridgehead atoms. The number of aromatic hydroxyl groups is 1. The van der Waals surface area contributed by atoms with Crippen LogP contribution >= 0.6 is 0 Å². The van der Waals surface area contributed by atoms with Crippen molar-refractivity contribution < 1.29 is 5.11 Å². The number of allylic oxidation sites excluding steroid dienone is 1. The van der Waals surface area contributed by atoms with E-state index in [1.165, 1.54) is 5.57 Å². The molecule has 18 heavy (non-hydrogen) atoms. The molecule has 2 N–H and O–H groups in total. The minimum atomic E-state index is 0.258. The summed E-state index contributed by atoms with van der Waals surface area (Å²) in [6.07, 6.45) is 2.03. The average Bonchev–Trinajstić information content (AvgIpc) is 2.33. The largest absolute Gasteiger partial charge is 0.506 e. The van der Waals surface area contributed by atoms with Gasteiger partial charge in [-0.1, -0.05) is 35.9 Å². The van der Waals surface area contributed by atoms with Crippen molar-refractivity contribution in [3.05, 3.63) is 59.7 Å². The van der Waals surface area contributed by atoms with E-state index in [2.05, 4.69) is 5.32 Å². The quantitative estimate of drug-likeness (QED) is 0.769. The highest BCUT2D eigenvalue weighted by atomic mass is 16.3. The topological polar surface area (TPSA) is 32.3 Å². The van der Waals surface area contributed by atoms with Gasteiger partial charge in [-0.2, -0.15) is 0 Å². The molecule has 0 unspecified atom stereocenters. The molecule has 0 spiro atoms. The zero-order chi connectivity index (χ0) is 13.0. The highest BCUT2D eigenvalue weighted by Gasteiger charge is 2.01. The van der Waals surface area contributed by atoms with Gasteiger partial charge in [0.1, 0.15) is 5.75 Å². The van der Waals surface area contributed by atoms with Crippen molar-refractivity contribution in [1.29, 1.82) is 0 Å². The van der Waals surface area contributed by atoms with Gasteiger partial charge in [-0.05, 0) is 43.7 Å². The molecule has 92 valence electrons. The fourth-order valence-corrected chi connectivity index (χ4v) is 1.75. The molecule has 2 rings (SSSR count). The molecule has 2 aromatic carbocycles. The Balaban J connectivity index is 2.23. The Labute approximate surface area is 108 Å². The smallest absolute Gasteiger partial charge is 0.139 e. The number of phenolic OH excluding ortho intramolecular Hbond substituents is 1. The van der Waals surface area contributed by atoms with E-state index in [0.29, 0.717) is 5.69 Å². The van der Waals surface area contributed by atoms with Crippen LogP contribution in [0.4, 0.5) is 11.4 Å². The van der Waals surface area contributed by atoms with E-state index in [9.17, 15) is 5.11 Å². The van der Waals surface area contributed by atoms with Crippen molar-refractivity contribution in [2.24, 2.45) is 0 Å². The Kier molecular flexibility index (Phi) is 3.68. The van der Waals surface area contributed by atoms with E-state index in [-0.39, 0.29) is 5.75 Å². The van der Waals surface area contributed by atoms with Crippen LogP contribution in [0.3, 0.4) is 0 Å². The second-order valence-corrected chi connectivity index (χ2v) is 4.49. The average molecular weight is 239 g/mol. The van der Waals surface area contributed by atoms with E-state index >= 15 is 0 Å². The van der Waals surface area contributed by atoms with Crippen LogP contribution in [0.1, 0.15) is 19.4 Å². The van der Waals surface area contributed by atoms with Gasteiger partial charge in [-0.3, -0.25) is 0 Å². The highest BCUT2D eigenvalue weighted by molar-refractivity contribution is 5.69. The summed E-state index contributed by atoms with van der Waals surface area (Å²) in [4.78, 5) is 0. The summed E-state index contributed by atoms with van der Waals surface area (Å²) >= 11 is 0. The normalized spacial score (nSPS) is 9.89. The molecule has 0 saturated heterocycles. The van der Waals surface area contributed by atoms with Gasteiger partial charge >= 0.3 is 0 Å². The molecule has 0 aromatic heterocycles. The van der Waals surface area contributed by atoms with Gasteiger partial charge in [0.05, 0.1) is 5.69 Å². The maximum Gasteiger partial charge on any atom is 0.139 e. The predicted molar refractivity (Wildman–Crippen MR) is 77.2 cm³/mol. The predicted octanol–water partition coefficient (Wildman–Crippen LogP) is 4.56. The Morgan fingerprint density at radius 2 is 1.78 bits per heavy atom. The molecule has 2 heteroatoms. The first kappa shape index (κ1) is 12.2. The number of para-hydroxylation sites is 1. The van der Waals surface area contributed by atoms with Crippen molar-refractivity contribution in [2.75, 3.05) is 5.32 Å². The Bertz CT molecular complexity index is 555. The minimum Gasteiger partial charge on any atom is -0.506 e. The third-order valence-electron chi connectivity index (χ3n) is 2.53. The first-order valence-electron chi connectivity index (χ1n) is 5.95. The van der Waals surface area contributed by atoms with E-state index in [0.717, 1.165) is 11.3 Å². The lowest BCUT2D eigenvalue weighted by atomic mass is 10.1. The second-order valence-electron chi connectivity index (χ2n) is 4.49. The summed E-state index contributed by atoms with van der Waals surface area (Å²) in [5.74, 6) is 0.258. The molecule has 2 aromatic rings. The Morgan fingerprint density at radius 3 is 2.39 bits per heavy atom. The first-order valence-corrected chi connectivity index (χ1v) is 5.95. The second kappa shape index (κ2) is 5.41. The minimum absolute atomic E-state index is 0.258. The fraction of sp³-hybridized carbons (Fsp3) is 0.125. The van der Waals surface area contributed by atoms with Crippen molar-refractivity contribution in [3.63, 3.8) is 0 Å². The summed E-state index contributed by atoms with van der Waals surface area (Å²) < 4.78 is 0. The maximum atomic E-state index is 9.97. The molecule has 0 fully saturated rings. The molecule has 0 amide bonds. The summed E-state index contributed by atoms with van der Waals surface area (Å²) in [5.41, 5.74) is 3.89. The van der Waals surface area contributed by atoms with Crippen molar-refractivity contribution in [1.82, 2.24) is 0 Å². The van der Waals surface area contributed by atoms with Gasteiger partial charge in [0.15, 0.2) is 0 Å². The summed E-state index contributed by atoms with van der Waals surface area (Å²) in [6, 6.07) is 15.4. The highest BCUT2D eigenvalue weighted by Crippen LogP contribution is 2.28. The molecule has 0 saturated carbocycles. The van der Waals surface area contributed by atoms with Gasteiger partial charge in [0.2, 0.25) is 0 Å². The lowest BCUT2D eigenvalue weighted by Gasteiger charge is -2.09. The van der Waals surface area contributed by atoms with Crippen molar-refractivity contribution in [2.45, 2.75) is 13.8 Å². The number of hydrogen-bond donors (Lipinski definition) is 2. The van der Waals surface area contributed by atoms with Crippen LogP contribution in [-0.4, -0.2) is 5.11 Å². The van der Waals surface area contributed by atoms with Crippen molar-refractivity contribution >= 4 is 17.5 Å². The van der Waals surface area contributed by atoms with E-state index < -0.39 is 0 Å². The summed E-state index contributed by atoms with van der Waals surface area (Å²) in [5, 5.41) is 13.2. The Morgan fingerprint density at radius 1 is 1.06 bits per heavy atom. The monoisotopic (exact) mass is 239 g/mol. The van der Waals surface area contributed by atoms with Gasteiger partial charge in [0.25, 0.3) is 0 Å². The number of nitrogens with one attached hydrogen (secondary N) is 1. The van der Waals surface area contributed by atoms with Crippen LogP contribution in [0.2, 0.25) is 0 Å². The van der Waals surface area contributed by atoms with Gasteiger partial charge in [-0.25, -0.2) is 0 Å². The SMILES string of the molecule is CC(C)=Cc1ccc(Nc2ccccc2)c(O)c1. The zero-order valence-corrected chi connectivity index (χ0v) is 10.6. The molecule has 0 aliphatic rings. The third kappa shape index (κ3) is 3.14. The molecular weight excluding hydrogens is 222 g/mol. The number of benzene rings is 2. The van der Waals surface area contributed by atoms with Crippen LogP contribution in [-0.2, 0) is 0 Å². The van der Waals surface area contributed by atoms with Crippen LogP contribution in [0.25, 0.3) is 6.08 Å². The molecule has 0 aliphatic heterocycles. The van der Waals surface area contributed by atoms with E-state index in [4.69, 9.17) is 0 Å². The lowest BCUT2D eigenvalue weighted by Crippen LogP contribution is -1.90. The number of hydrogen-bond acceptors (Lipinski definition) is 2. The van der Waals surface area contributed by atoms with Crippen LogP contribution in [0.15, 0.2) is 54.1 Å². The molecular formula is C16H17NO. The fourth-order valence-electron chi connectivity index (χ4n) is 1.75. The molecule has 0 radical (unpaired) electrons. The standard InChI is InChI=1S/C16H17NO/c1-12(2)10-13-8-9-15(16(18)11-13)17-14-6-4-3-5-7-14/h3-11,17-18H,1-2H3.